The smallest absolute Gasteiger partial charge is 0.323 e. The van der Waals surface area contributed by atoms with Crippen molar-refractivity contribution in [2.45, 2.75) is 44.9 Å². The maximum Gasteiger partial charge on any atom is 0.323 e. The molecular weight excluding hydrogens is 526 g/mol. The molecule has 0 atom stereocenters. The second kappa shape index (κ2) is 13.0. The fourth-order valence-corrected chi connectivity index (χ4v) is 5.07. The van der Waals surface area contributed by atoms with Crippen molar-refractivity contribution in [3.8, 4) is 5.75 Å². The lowest BCUT2D eigenvalue weighted by molar-refractivity contribution is -0.139. The molecule has 41 heavy (non-hydrogen) atoms. The van der Waals surface area contributed by atoms with Gasteiger partial charge in [0.1, 0.15) is 5.75 Å². The van der Waals surface area contributed by atoms with Gasteiger partial charge in [-0.25, -0.2) is 4.79 Å². The second-order valence-electron chi connectivity index (χ2n) is 10.0. The predicted molar refractivity (Wildman–Crippen MR) is 155 cm³/mol. The third-order valence-corrected chi connectivity index (χ3v) is 7.10. The number of ether oxygens (including phenoxy) is 1. The zero-order valence-electron chi connectivity index (χ0n) is 23.0. The van der Waals surface area contributed by atoms with Crippen LogP contribution in [-0.4, -0.2) is 47.7 Å². The van der Waals surface area contributed by atoms with Crippen LogP contribution in [0.25, 0.3) is 0 Å². The molecule has 0 fully saturated rings. The maximum absolute atomic E-state index is 13.4. The van der Waals surface area contributed by atoms with Crippen molar-refractivity contribution in [2.24, 2.45) is 0 Å². The number of nitrogens with zero attached hydrogens (tertiary/aromatic N) is 1. The average molecular weight is 560 g/mol. The van der Waals surface area contributed by atoms with Gasteiger partial charge in [0.05, 0.1) is 32.1 Å². The molecule has 0 bridgehead atoms. The Morgan fingerprint density at radius 3 is 2.32 bits per heavy atom. The lowest BCUT2D eigenvalue weighted by Crippen LogP contribution is -2.36. The number of para-hydroxylation sites is 1. The second-order valence-corrected chi connectivity index (χ2v) is 10.0. The number of benzene rings is 3. The monoisotopic (exact) mass is 559 g/mol. The van der Waals surface area contributed by atoms with Crippen LogP contribution >= 0.6 is 0 Å². The van der Waals surface area contributed by atoms with Gasteiger partial charge in [-0.15, -0.1) is 0 Å². The Morgan fingerprint density at radius 2 is 1.63 bits per heavy atom. The summed E-state index contributed by atoms with van der Waals surface area (Å²) in [4.78, 5) is 50.2. The predicted octanol–water partition coefficient (Wildman–Crippen LogP) is 5.20. The number of aliphatic carboxylic acids is 2. The van der Waals surface area contributed by atoms with Gasteiger partial charge in [0.15, 0.2) is 0 Å². The van der Waals surface area contributed by atoms with Gasteiger partial charge in [0.2, 0.25) is 5.91 Å². The van der Waals surface area contributed by atoms with Crippen molar-refractivity contribution < 1.29 is 34.1 Å². The molecule has 0 saturated heterocycles. The molecule has 0 spiro atoms. The van der Waals surface area contributed by atoms with E-state index in [0.717, 1.165) is 23.2 Å². The van der Waals surface area contributed by atoms with Crippen molar-refractivity contribution in [1.82, 2.24) is 0 Å². The molecule has 214 valence electrons. The number of rotatable bonds is 10. The number of carboxylic acids is 2. The van der Waals surface area contributed by atoms with E-state index in [1.165, 1.54) is 7.11 Å². The first-order valence-corrected chi connectivity index (χ1v) is 13.3. The van der Waals surface area contributed by atoms with Crippen LogP contribution in [0.15, 0.2) is 60.7 Å². The molecule has 3 amide bonds. The Bertz CT molecular complexity index is 1450. The van der Waals surface area contributed by atoms with Crippen LogP contribution in [0.2, 0.25) is 0 Å². The molecule has 0 unspecified atom stereocenters. The van der Waals surface area contributed by atoms with E-state index in [9.17, 15) is 29.4 Å². The van der Waals surface area contributed by atoms with Gasteiger partial charge in [-0.3, -0.25) is 14.4 Å². The van der Waals surface area contributed by atoms with Crippen LogP contribution in [0.4, 0.5) is 21.9 Å². The van der Waals surface area contributed by atoms with Gasteiger partial charge in [0, 0.05) is 23.8 Å². The van der Waals surface area contributed by atoms with E-state index in [-0.39, 0.29) is 25.2 Å². The van der Waals surface area contributed by atoms with Crippen LogP contribution in [-0.2, 0) is 27.2 Å². The minimum atomic E-state index is -1.06. The van der Waals surface area contributed by atoms with Crippen molar-refractivity contribution in [2.75, 3.05) is 29.2 Å². The van der Waals surface area contributed by atoms with Gasteiger partial charge in [-0.1, -0.05) is 36.4 Å². The molecule has 4 N–H and O–H groups in total. The van der Waals surface area contributed by atoms with E-state index in [1.54, 1.807) is 35.2 Å². The molecule has 1 heterocycles. The number of methoxy groups -OCH3 is 1. The van der Waals surface area contributed by atoms with Gasteiger partial charge >= 0.3 is 18.0 Å². The van der Waals surface area contributed by atoms with Crippen LogP contribution in [0.3, 0.4) is 0 Å². The first-order chi connectivity index (χ1) is 19.6. The minimum Gasteiger partial charge on any atom is -0.495 e. The number of carbonyl (C=O) groups is 4. The summed E-state index contributed by atoms with van der Waals surface area (Å²) in [5.74, 6) is -2.48. The largest absolute Gasteiger partial charge is 0.495 e. The van der Waals surface area contributed by atoms with Crippen LogP contribution in [0.5, 0.6) is 5.75 Å². The van der Waals surface area contributed by atoms with E-state index >= 15 is 0 Å². The van der Waals surface area contributed by atoms with Crippen molar-refractivity contribution in [3.05, 3.63) is 82.9 Å². The van der Waals surface area contributed by atoms with Crippen LogP contribution < -0.4 is 20.3 Å². The average Bonchev–Trinajstić information content (AvgIpc) is 2.93. The lowest BCUT2D eigenvalue weighted by Gasteiger charge is -2.30. The summed E-state index contributed by atoms with van der Waals surface area (Å²) in [6.07, 6.45) is 0.974. The summed E-state index contributed by atoms with van der Waals surface area (Å²) in [6, 6.07) is 17.5. The minimum absolute atomic E-state index is 0.105. The zero-order chi connectivity index (χ0) is 29.5. The molecule has 1 aliphatic rings. The molecular formula is C31H33N3O7. The number of anilines is 3. The fraction of sp³-hybridized carbons (Fsp3) is 0.290. The summed E-state index contributed by atoms with van der Waals surface area (Å²) in [5, 5.41) is 24.1. The Morgan fingerprint density at radius 1 is 0.927 bits per heavy atom. The molecule has 10 nitrogen and oxygen atoms in total. The lowest BCUT2D eigenvalue weighted by atomic mass is 9.89. The van der Waals surface area contributed by atoms with E-state index in [1.807, 2.05) is 37.3 Å². The van der Waals surface area contributed by atoms with Crippen molar-refractivity contribution in [1.29, 1.82) is 0 Å². The maximum atomic E-state index is 13.4. The summed E-state index contributed by atoms with van der Waals surface area (Å²) in [6.45, 7) is 2.44. The number of carbonyl (C=O) groups excluding carboxylic acids is 2. The van der Waals surface area contributed by atoms with Gasteiger partial charge in [-0.05, 0) is 66.3 Å². The first kappa shape index (κ1) is 29.1. The van der Waals surface area contributed by atoms with E-state index in [4.69, 9.17) is 4.74 Å². The Kier molecular flexibility index (Phi) is 9.23. The number of hydrogen-bond acceptors (Lipinski definition) is 5. The number of hydrogen-bond donors (Lipinski definition) is 4. The molecule has 1 aliphatic heterocycles. The van der Waals surface area contributed by atoms with Crippen LogP contribution in [0.1, 0.15) is 47.4 Å². The van der Waals surface area contributed by atoms with Gasteiger partial charge < -0.3 is 30.5 Å². The zero-order valence-corrected chi connectivity index (χ0v) is 23.0. The SMILES string of the molecule is COc1cc(CC(=O)N2CCCc3cc(C(CC(=O)O)CC(=O)O)ccc32)ccc1NC(=O)Nc1ccccc1C. The molecule has 3 aromatic rings. The highest BCUT2D eigenvalue weighted by molar-refractivity contribution is 6.01. The Balaban J connectivity index is 1.47. The quantitative estimate of drug-likeness (QED) is 0.267. The summed E-state index contributed by atoms with van der Waals surface area (Å²) in [5.41, 5.74) is 5.07. The highest BCUT2D eigenvalue weighted by Crippen LogP contribution is 2.33. The highest BCUT2D eigenvalue weighted by atomic mass is 16.5. The van der Waals surface area contributed by atoms with Crippen LogP contribution in [0, 0.1) is 6.92 Å². The van der Waals surface area contributed by atoms with E-state index in [2.05, 4.69) is 10.6 Å². The molecule has 0 radical (unpaired) electrons. The normalized spacial score (nSPS) is 12.4. The standard InChI is InChI=1S/C31H33N3O7/c1-19-6-3-4-8-24(19)32-31(40)33-25-11-9-20(14-27(25)41-2)15-28(35)34-13-5-7-22-16-21(10-12-26(22)34)23(17-29(36)37)18-30(38)39/h3-4,6,8-12,14,16,23H,5,7,13,15,17-18H2,1-2H3,(H,36,37)(H,38,39)(H2,32,33,40). The Hall–Kier alpha value is -4.86. The number of aryl methyl sites for hydroxylation is 2. The third-order valence-electron chi connectivity index (χ3n) is 7.10. The van der Waals surface area contributed by atoms with Crippen molar-refractivity contribution >= 4 is 40.9 Å². The molecule has 0 aromatic heterocycles. The summed E-state index contributed by atoms with van der Waals surface area (Å²) < 4.78 is 5.48. The fourth-order valence-electron chi connectivity index (χ4n) is 5.07. The Labute approximate surface area is 237 Å². The van der Waals surface area contributed by atoms with Gasteiger partial charge in [0.25, 0.3) is 0 Å². The number of amides is 3. The number of urea groups is 1. The van der Waals surface area contributed by atoms with E-state index in [0.29, 0.717) is 41.2 Å². The molecule has 0 aliphatic carbocycles. The molecule has 4 rings (SSSR count). The topological polar surface area (TPSA) is 145 Å². The molecule has 10 heteroatoms. The van der Waals surface area contributed by atoms with Crippen molar-refractivity contribution in [3.63, 3.8) is 0 Å². The molecule has 0 saturated carbocycles. The van der Waals surface area contributed by atoms with E-state index < -0.39 is 23.9 Å². The van der Waals surface area contributed by atoms with Gasteiger partial charge in [-0.2, -0.15) is 0 Å². The number of carboxylic acid groups (broad SMARTS) is 2. The number of nitrogens with one attached hydrogen (secondary N) is 2. The third kappa shape index (κ3) is 7.42. The highest BCUT2D eigenvalue weighted by Gasteiger charge is 2.26. The first-order valence-electron chi connectivity index (χ1n) is 13.3. The summed E-state index contributed by atoms with van der Waals surface area (Å²) in [7, 11) is 1.49. The summed E-state index contributed by atoms with van der Waals surface area (Å²) >= 11 is 0. The number of fused-ring (bicyclic) bond motifs is 1. The molecule has 3 aromatic carbocycles.